The third-order valence-corrected chi connectivity index (χ3v) is 7.62. The molecule has 9 heteroatoms. The number of nitrogens with one attached hydrogen (secondary N) is 1. The minimum absolute atomic E-state index is 0.132. The number of imidazole rings is 1. The lowest BCUT2D eigenvalue weighted by atomic mass is 10.2. The van der Waals surface area contributed by atoms with Gasteiger partial charge in [-0.25, -0.2) is 17.7 Å². The van der Waals surface area contributed by atoms with Crippen molar-refractivity contribution >= 4 is 32.7 Å². The molecule has 8 nitrogen and oxygen atoms in total. The molecule has 0 atom stereocenters. The van der Waals surface area contributed by atoms with Crippen LogP contribution in [0.15, 0.2) is 83.8 Å². The SMILES string of the molecule is CN(C)S(=O)(=O)c1ccc2c(c1)nc(CCC(=O)NN(Cc1ccccc1)c1ccccc1)n2C. The van der Waals surface area contributed by atoms with Gasteiger partial charge in [0.25, 0.3) is 0 Å². The fraction of sp³-hybridized carbons (Fsp3) is 0.231. The zero-order chi connectivity index (χ0) is 25.0. The maximum Gasteiger partial charge on any atom is 0.242 e. The van der Waals surface area contributed by atoms with Gasteiger partial charge in [-0.1, -0.05) is 48.5 Å². The highest BCUT2D eigenvalue weighted by molar-refractivity contribution is 7.89. The topological polar surface area (TPSA) is 87.5 Å². The average molecular weight is 492 g/mol. The van der Waals surface area contributed by atoms with Gasteiger partial charge in [0.05, 0.1) is 28.2 Å². The zero-order valence-corrected chi connectivity index (χ0v) is 20.9. The van der Waals surface area contributed by atoms with Crippen molar-refractivity contribution in [2.45, 2.75) is 24.3 Å². The summed E-state index contributed by atoms with van der Waals surface area (Å²) in [7, 11) is 1.32. The number of sulfonamides is 1. The van der Waals surface area contributed by atoms with Crippen LogP contribution in [0.25, 0.3) is 11.0 Å². The number of benzene rings is 3. The molecule has 0 radical (unpaired) electrons. The number of para-hydroxylation sites is 1. The Morgan fingerprint density at radius 1 is 0.971 bits per heavy atom. The average Bonchev–Trinajstić information content (AvgIpc) is 3.18. The van der Waals surface area contributed by atoms with Crippen LogP contribution < -0.4 is 10.4 Å². The summed E-state index contributed by atoms with van der Waals surface area (Å²) < 4.78 is 28.0. The molecule has 0 aliphatic heterocycles. The second-order valence-corrected chi connectivity index (χ2v) is 10.6. The van der Waals surface area contributed by atoms with E-state index < -0.39 is 10.0 Å². The maximum absolute atomic E-state index is 12.9. The van der Waals surface area contributed by atoms with Gasteiger partial charge in [-0.15, -0.1) is 0 Å². The highest BCUT2D eigenvalue weighted by Crippen LogP contribution is 2.22. The first kappa shape index (κ1) is 24.4. The van der Waals surface area contributed by atoms with E-state index in [4.69, 9.17) is 0 Å². The van der Waals surface area contributed by atoms with E-state index in [2.05, 4.69) is 10.4 Å². The number of aryl methyl sites for hydroxylation is 2. The Hall–Kier alpha value is -3.69. The van der Waals surface area contributed by atoms with Crippen LogP contribution in [0.3, 0.4) is 0 Å². The molecule has 182 valence electrons. The Morgan fingerprint density at radius 3 is 2.29 bits per heavy atom. The highest BCUT2D eigenvalue weighted by Gasteiger charge is 2.19. The van der Waals surface area contributed by atoms with E-state index in [1.165, 1.54) is 18.4 Å². The number of hydrogen-bond donors (Lipinski definition) is 1. The van der Waals surface area contributed by atoms with Crippen LogP contribution in [0.5, 0.6) is 0 Å². The fourth-order valence-electron chi connectivity index (χ4n) is 3.83. The lowest BCUT2D eigenvalue weighted by molar-refractivity contribution is -0.121. The van der Waals surface area contributed by atoms with Crippen molar-refractivity contribution in [1.82, 2.24) is 19.3 Å². The van der Waals surface area contributed by atoms with Gasteiger partial charge in [0, 0.05) is 34.0 Å². The number of aromatic nitrogens is 2. The smallest absolute Gasteiger partial charge is 0.242 e. The molecule has 0 fully saturated rings. The summed E-state index contributed by atoms with van der Waals surface area (Å²) in [5, 5.41) is 1.84. The number of carbonyl (C=O) groups is 1. The first-order chi connectivity index (χ1) is 16.8. The Kier molecular flexibility index (Phi) is 7.18. The lowest BCUT2D eigenvalue weighted by Crippen LogP contribution is -2.42. The van der Waals surface area contributed by atoms with Crippen LogP contribution in [0, 0.1) is 0 Å². The molecule has 1 amide bonds. The monoisotopic (exact) mass is 491 g/mol. The van der Waals surface area contributed by atoms with Crippen LogP contribution in [0.4, 0.5) is 5.69 Å². The van der Waals surface area contributed by atoms with Crippen LogP contribution >= 0.6 is 0 Å². The quantitative estimate of drug-likeness (QED) is 0.362. The number of carbonyl (C=O) groups excluding carboxylic acids is 1. The van der Waals surface area contributed by atoms with E-state index in [-0.39, 0.29) is 17.2 Å². The number of nitrogens with zero attached hydrogens (tertiary/aromatic N) is 4. The van der Waals surface area contributed by atoms with Crippen molar-refractivity contribution < 1.29 is 13.2 Å². The van der Waals surface area contributed by atoms with Crippen molar-refractivity contribution in [2.75, 3.05) is 19.1 Å². The highest BCUT2D eigenvalue weighted by atomic mass is 32.2. The first-order valence-corrected chi connectivity index (χ1v) is 12.7. The third-order valence-electron chi connectivity index (χ3n) is 5.81. The summed E-state index contributed by atoms with van der Waals surface area (Å²) >= 11 is 0. The van der Waals surface area contributed by atoms with Gasteiger partial charge in [-0.2, -0.15) is 0 Å². The molecule has 1 heterocycles. The van der Waals surface area contributed by atoms with E-state index in [1.807, 2.05) is 77.3 Å². The molecule has 0 spiro atoms. The van der Waals surface area contributed by atoms with Crippen molar-refractivity contribution in [2.24, 2.45) is 7.05 Å². The van der Waals surface area contributed by atoms with Gasteiger partial charge in [0.2, 0.25) is 15.9 Å². The van der Waals surface area contributed by atoms with Crippen LogP contribution in [-0.4, -0.2) is 42.3 Å². The molecular formula is C26H29N5O3S. The molecule has 0 unspecified atom stereocenters. The van der Waals surface area contributed by atoms with Crippen LogP contribution in [0.2, 0.25) is 0 Å². The molecule has 0 saturated carbocycles. The molecule has 0 aliphatic carbocycles. The summed E-state index contributed by atoms with van der Waals surface area (Å²) in [4.78, 5) is 17.7. The maximum atomic E-state index is 12.9. The normalized spacial score (nSPS) is 11.7. The van der Waals surface area contributed by atoms with E-state index >= 15 is 0 Å². The number of anilines is 1. The molecule has 0 saturated heterocycles. The largest absolute Gasteiger partial charge is 0.331 e. The lowest BCUT2D eigenvalue weighted by Gasteiger charge is -2.25. The second kappa shape index (κ2) is 10.3. The van der Waals surface area contributed by atoms with E-state index in [1.54, 1.807) is 18.2 Å². The molecule has 35 heavy (non-hydrogen) atoms. The molecule has 1 N–H and O–H groups in total. The number of amides is 1. The van der Waals surface area contributed by atoms with Crippen molar-refractivity contribution in [3.63, 3.8) is 0 Å². The van der Waals surface area contributed by atoms with Gasteiger partial charge >= 0.3 is 0 Å². The van der Waals surface area contributed by atoms with Crippen molar-refractivity contribution in [3.8, 4) is 0 Å². The predicted molar refractivity (Wildman–Crippen MR) is 137 cm³/mol. The van der Waals surface area contributed by atoms with Crippen molar-refractivity contribution in [3.05, 3.63) is 90.3 Å². The molecule has 0 bridgehead atoms. The van der Waals surface area contributed by atoms with E-state index in [0.717, 1.165) is 16.8 Å². The number of hydrogen-bond acceptors (Lipinski definition) is 5. The standard InChI is InChI=1S/C26H29N5O3S/c1-29(2)35(33,34)22-14-15-24-23(18-22)27-25(30(24)3)16-17-26(32)28-31(21-12-8-5-9-13-21)19-20-10-6-4-7-11-20/h4-15,18H,16-17,19H2,1-3H3,(H,28,32). The van der Waals surface area contributed by atoms with E-state index in [9.17, 15) is 13.2 Å². The van der Waals surface area contributed by atoms with Gasteiger partial charge < -0.3 is 4.57 Å². The molecule has 4 rings (SSSR count). The summed E-state index contributed by atoms with van der Waals surface area (Å²) in [6.07, 6.45) is 0.652. The summed E-state index contributed by atoms with van der Waals surface area (Å²) in [5.74, 6) is 0.580. The summed E-state index contributed by atoms with van der Waals surface area (Å²) in [6.45, 7) is 0.534. The predicted octanol–water partition coefficient (Wildman–Crippen LogP) is 3.49. The number of hydrazine groups is 1. The Morgan fingerprint density at radius 2 is 1.63 bits per heavy atom. The molecule has 0 aliphatic rings. The second-order valence-electron chi connectivity index (χ2n) is 8.47. The minimum atomic E-state index is -3.55. The number of rotatable bonds is 9. The third kappa shape index (κ3) is 5.52. The Balaban J connectivity index is 1.48. The zero-order valence-electron chi connectivity index (χ0n) is 20.0. The summed E-state index contributed by atoms with van der Waals surface area (Å²) in [5.41, 5.74) is 6.39. The number of fused-ring (bicyclic) bond motifs is 1. The first-order valence-electron chi connectivity index (χ1n) is 11.3. The van der Waals surface area contributed by atoms with Gasteiger partial charge in [-0.05, 0) is 35.9 Å². The van der Waals surface area contributed by atoms with Crippen molar-refractivity contribution in [1.29, 1.82) is 0 Å². The van der Waals surface area contributed by atoms with Gasteiger partial charge in [-0.3, -0.25) is 15.2 Å². The molecule has 4 aromatic rings. The van der Waals surface area contributed by atoms with E-state index in [0.29, 0.717) is 24.3 Å². The Bertz CT molecular complexity index is 1420. The van der Waals surface area contributed by atoms with Gasteiger partial charge in [0.15, 0.2) is 0 Å². The summed E-state index contributed by atoms with van der Waals surface area (Å²) in [6, 6.07) is 24.6. The van der Waals surface area contributed by atoms with Crippen LogP contribution in [0.1, 0.15) is 17.8 Å². The Labute approximate surface area is 205 Å². The van der Waals surface area contributed by atoms with Gasteiger partial charge in [0.1, 0.15) is 5.82 Å². The fourth-order valence-corrected chi connectivity index (χ4v) is 4.75. The molecule has 3 aromatic carbocycles. The molecule has 1 aromatic heterocycles. The van der Waals surface area contributed by atoms with Crippen LogP contribution in [-0.2, 0) is 34.8 Å². The molecular weight excluding hydrogens is 462 g/mol. The minimum Gasteiger partial charge on any atom is -0.331 e.